The van der Waals surface area contributed by atoms with Crippen molar-refractivity contribution in [1.29, 1.82) is 0 Å². The molecule has 1 saturated heterocycles. The molecule has 3 heterocycles. The molecule has 0 unspecified atom stereocenters. The number of amides is 1. The SMILES string of the molecule is Cc1nc(NCCNC(=O)c2cccs2)cc(N2CCCCC2)n1. The number of hydrogen-bond donors (Lipinski definition) is 2. The van der Waals surface area contributed by atoms with E-state index in [1.807, 2.05) is 30.5 Å². The van der Waals surface area contributed by atoms with E-state index in [0.717, 1.165) is 35.4 Å². The molecule has 0 saturated carbocycles. The van der Waals surface area contributed by atoms with Crippen LogP contribution in [0.4, 0.5) is 11.6 Å². The number of aromatic nitrogens is 2. The molecule has 0 spiro atoms. The van der Waals surface area contributed by atoms with Crippen LogP contribution in [0, 0.1) is 6.92 Å². The maximum Gasteiger partial charge on any atom is 0.261 e. The van der Waals surface area contributed by atoms with Crippen molar-refractivity contribution in [3.05, 3.63) is 34.3 Å². The number of rotatable bonds is 6. The largest absolute Gasteiger partial charge is 0.368 e. The topological polar surface area (TPSA) is 70.2 Å². The molecule has 6 nitrogen and oxygen atoms in total. The molecule has 2 aromatic heterocycles. The van der Waals surface area contributed by atoms with Crippen LogP contribution in [-0.2, 0) is 0 Å². The number of anilines is 2. The molecule has 0 atom stereocenters. The second-order valence-electron chi connectivity index (χ2n) is 5.87. The Morgan fingerprint density at radius 1 is 1.25 bits per heavy atom. The number of carbonyl (C=O) groups excluding carboxylic acids is 1. The maximum absolute atomic E-state index is 11.9. The Morgan fingerprint density at radius 2 is 2.08 bits per heavy atom. The monoisotopic (exact) mass is 345 g/mol. The fraction of sp³-hybridized carbons (Fsp3) is 0.471. The van der Waals surface area contributed by atoms with E-state index in [4.69, 9.17) is 0 Å². The average Bonchev–Trinajstić information content (AvgIpc) is 3.14. The van der Waals surface area contributed by atoms with Gasteiger partial charge in [-0.1, -0.05) is 6.07 Å². The Kier molecular flexibility index (Phi) is 5.63. The van der Waals surface area contributed by atoms with Gasteiger partial charge in [-0.25, -0.2) is 9.97 Å². The highest BCUT2D eigenvalue weighted by atomic mass is 32.1. The van der Waals surface area contributed by atoms with Crippen LogP contribution in [-0.4, -0.2) is 42.1 Å². The molecule has 0 radical (unpaired) electrons. The molecule has 1 aliphatic heterocycles. The minimum absolute atomic E-state index is 0.0281. The first kappa shape index (κ1) is 16.7. The Balaban J connectivity index is 1.51. The number of nitrogens with one attached hydrogen (secondary N) is 2. The zero-order valence-electron chi connectivity index (χ0n) is 13.9. The standard InChI is InChI=1S/C17H23N5OS/c1-13-20-15(12-16(21-13)22-9-3-2-4-10-22)18-7-8-19-17(23)14-6-5-11-24-14/h5-6,11-12H,2-4,7-10H2,1H3,(H,19,23)(H,18,20,21). The second-order valence-corrected chi connectivity index (χ2v) is 6.81. The van der Waals surface area contributed by atoms with Crippen molar-refractivity contribution in [3.63, 3.8) is 0 Å². The van der Waals surface area contributed by atoms with Crippen molar-refractivity contribution in [2.45, 2.75) is 26.2 Å². The molecular weight excluding hydrogens is 322 g/mol. The Hall–Kier alpha value is -2.15. The summed E-state index contributed by atoms with van der Waals surface area (Å²) in [7, 11) is 0. The summed E-state index contributed by atoms with van der Waals surface area (Å²) in [5.41, 5.74) is 0. The first-order chi connectivity index (χ1) is 11.7. The quantitative estimate of drug-likeness (QED) is 0.788. The van der Waals surface area contributed by atoms with Crippen LogP contribution < -0.4 is 15.5 Å². The highest BCUT2D eigenvalue weighted by Gasteiger charge is 2.13. The maximum atomic E-state index is 11.9. The summed E-state index contributed by atoms with van der Waals surface area (Å²) in [6, 6.07) is 5.70. The molecule has 0 bridgehead atoms. The zero-order valence-corrected chi connectivity index (χ0v) is 14.7. The molecule has 24 heavy (non-hydrogen) atoms. The summed E-state index contributed by atoms with van der Waals surface area (Å²) in [6.07, 6.45) is 3.75. The zero-order chi connectivity index (χ0) is 16.8. The first-order valence-corrected chi connectivity index (χ1v) is 9.26. The average molecular weight is 345 g/mol. The smallest absolute Gasteiger partial charge is 0.261 e. The predicted octanol–water partition coefficient (Wildman–Crippen LogP) is 2.68. The molecule has 1 aliphatic rings. The first-order valence-electron chi connectivity index (χ1n) is 8.38. The van der Waals surface area contributed by atoms with Crippen LogP contribution in [0.25, 0.3) is 0 Å². The lowest BCUT2D eigenvalue weighted by atomic mass is 10.1. The van der Waals surface area contributed by atoms with Crippen molar-refractivity contribution >= 4 is 28.9 Å². The van der Waals surface area contributed by atoms with E-state index in [9.17, 15) is 4.79 Å². The molecule has 1 amide bonds. The van der Waals surface area contributed by atoms with Crippen LogP contribution in [0.15, 0.2) is 23.6 Å². The lowest BCUT2D eigenvalue weighted by Crippen LogP contribution is -2.31. The van der Waals surface area contributed by atoms with Gasteiger partial charge in [0.1, 0.15) is 17.5 Å². The Bertz CT molecular complexity index is 668. The molecule has 7 heteroatoms. The van der Waals surface area contributed by atoms with Gasteiger partial charge in [0, 0.05) is 32.2 Å². The lowest BCUT2D eigenvalue weighted by Gasteiger charge is -2.28. The number of piperidine rings is 1. The third-order valence-corrected chi connectivity index (χ3v) is 4.83. The summed E-state index contributed by atoms with van der Waals surface area (Å²) in [5.74, 6) is 2.55. The van der Waals surface area contributed by atoms with Gasteiger partial charge in [-0.15, -0.1) is 11.3 Å². The third-order valence-electron chi connectivity index (χ3n) is 3.97. The Morgan fingerprint density at radius 3 is 2.83 bits per heavy atom. The summed E-state index contributed by atoms with van der Waals surface area (Å²) >= 11 is 1.45. The molecule has 2 aromatic rings. The summed E-state index contributed by atoms with van der Waals surface area (Å²) in [6.45, 7) is 5.22. The van der Waals surface area contributed by atoms with Crippen LogP contribution in [0.3, 0.4) is 0 Å². The van der Waals surface area contributed by atoms with E-state index < -0.39 is 0 Å². The van der Waals surface area contributed by atoms with E-state index in [0.29, 0.717) is 13.1 Å². The van der Waals surface area contributed by atoms with Gasteiger partial charge in [0.15, 0.2) is 0 Å². The van der Waals surface area contributed by atoms with Crippen LogP contribution >= 0.6 is 11.3 Å². The number of carbonyl (C=O) groups is 1. The van der Waals surface area contributed by atoms with Gasteiger partial charge in [0.05, 0.1) is 4.88 Å². The molecular formula is C17H23N5OS. The van der Waals surface area contributed by atoms with Gasteiger partial charge in [-0.3, -0.25) is 4.79 Å². The highest BCUT2D eigenvalue weighted by molar-refractivity contribution is 7.12. The van der Waals surface area contributed by atoms with E-state index >= 15 is 0 Å². The molecule has 3 rings (SSSR count). The van der Waals surface area contributed by atoms with Gasteiger partial charge in [0.2, 0.25) is 0 Å². The van der Waals surface area contributed by atoms with Gasteiger partial charge in [0.25, 0.3) is 5.91 Å². The van der Waals surface area contributed by atoms with Crippen molar-refractivity contribution < 1.29 is 4.79 Å². The number of thiophene rings is 1. The fourth-order valence-corrected chi connectivity index (χ4v) is 3.43. The minimum Gasteiger partial charge on any atom is -0.368 e. The van der Waals surface area contributed by atoms with Crippen molar-refractivity contribution in [3.8, 4) is 0 Å². The normalized spacial score (nSPS) is 14.5. The van der Waals surface area contributed by atoms with E-state index in [-0.39, 0.29) is 5.91 Å². The van der Waals surface area contributed by atoms with Gasteiger partial charge >= 0.3 is 0 Å². The van der Waals surface area contributed by atoms with E-state index in [1.54, 1.807) is 0 Å². The van der Waals surface area contributed by atoms with Crippen molar-refractivity contribution in [2.75, 3.05) is 36.4 Å². The van der Waals surface area contributed by atoms with Gasteiger partial charge in [-0.05, 0) is 37.6 Å². The van der Waals surface area contributed by atoms with Crippen LogP contribution in [0.5, 0.6) is 0 Å². The van der Waals surface area contributed by atoms with Crippen molar-refractivity contribution in [2.24, 2.45) is 0 Å². The molecule has 2 N–H and O–H groups in total. The minimum atomic E-state index is -0.0281. The number of aryl methyl sites for hydroxylation is 1. The van der Waals surface area contributed by atoms with E-state index in [2.05, 4.69) is 25.5 Å². The summed E-state index contributed by atoms with van der Waals surface area (Å²) < 4.78 is 0. The summed E-state index contributed by atoms with van der Waals surface area (Å²) in [5, 5.41) is 8.08. The highest BCUT2D eigenvalue weighted by Crippen LogP contribution is 2.20. The molecule has 0 aromatic carbocycles. The molecule has 1 fully saturated rings. The molecule has 0 aliphatic carbocycles. The number of nitrogens with zero attached hydrogens (tertiary/aromatic N) is 3. The van der Waals surface area contributed by atoms with Crippen molar-refractivity contribution in [1.82, 2.24) is 15.3 Å². The van der Waals surface area contributed by atoms with Crippen LogP contribution in [0.1, 0.15) is 34.8 Å². The lowest BCUT2D eigenvalue weighted by molar-refractivity contribution is 0.0959. The summed E-state index contributed by atoms with van der Waals surface area (Å²) in [4.78, 5) is 23.9. The third kappa shape index (κ3) is 4.44. The van der Waals surface area contributed by atoms with Gasteiger partial charge in [-0.2, -0.15) is 0 Å². The van der Waals surface area contributed by atoms with Gasteiger partial charge < -0.3 is 15.5 Å². The Labute approximate surface area is 146 Å². The molecule has 128 valence electrons. The second kappa shape index (κ2) is 8.10. The predicted molar refractivity (Wildman–Crippen MR) is 98.0 cm³/mol. The fourth-order valence-electron chi connectivity index (χ4n) is 2.79. The number of hydrogen-bond acceptors (Lipinski definition) is 6. The van der Waals surface area contributed by atoms with E-state index in [1.165, 1.54) is 30.6 Å². The van der Waals surface area contributed by atoms with Crippen LogP contribution in [0.2, 0.25) is 0 Å².